The molecular formula is C22H20N2. The zero-order valence-electron chi connectivity index (χ0n) is 14.1. The van der Waals surface area contributed by atoms with Crippen molar-refractivity contribution in [2.45, 2.75) is 26.7 Å². The highest BCUT2D eigenvalue weighted by atomic mass is 14.7. The predicted molar refractivity (Wildman–Crippen MR) is 98.6 cm³/mol. The van der Waals surface area contributed by atoms with Gasteiger partial charge in [-0.3, -0.25) is 4.98 Å². The van der Waals surface area contributed by atoms with Crippen LogP contribution in [0.4, 0.5) is 0 Å². The van der Waals surface area contributed by atoms with Crippen molar-refractivity contribution >= 4 is 0 Å². The molecule has 0 bridgehead atoms. The third-order valence-electron chi connectivity index (χ3n) is 4.25. The van der Waals surface area contributed by atoms with Crippen LogP contribution in [0.25, 0.3) is 22.4 Å². The highest BCUT2D eigenvalue weighted by Gasteiger charge is 2.15. The van der Waals surface area contributed by atoms with Gasteiger partial charge in [0.05, 0.1) is 17.3 Å². The van der Waals surface area contributed by atoms with Gasteiger partial charge in [0.1, 0.15) is 0 Å². The van der Waals surface area contributed by atoms with Crippen LogP contribution in [-0.2, 0) is 12.8 Å². The number of benzene rings is 2. The maximum Gasteiger partial charge on any atom is 0.0991 e. The number of nitrogens with zero attached hydrogens (tertiary/aromatic N) is 2. The van der Waals surface area contributed by atoms with Crippen molar-refractivity contribution in [3.63, 3.8) is 0 Å². The Balaban J connectivity index is 2.27. The van der Waals surface area contributed by atoms with Crippen LogP contribution in [0.3, 0.4) is 0 Å². The smallest absolute Gasteiger partial charge is 0.0991 e. The molecule has 2 aromatic carbocycles. The first-order valence-corrected chi connectivity index (χ1v) is 8.35. The first-order chi connectivity index (χ1) is 11.8. The number of aromatic nitrogens is 1. The van der Waals surface area contributed by atoms with Gasteiger partial charge in [0.2, 0.25) is 0 Å². The zero-order valence-corrected chi connectivity index (χ0v) is 14.1. The summed E-state index contributed by atoms with van der Waals surface area (Å²) in [5, 5.41) is 9.03. The summed E-state index contributed by atoms with van der Waals surface area (Å²) >= 11 is 0. The molecule has 0 radical (unpaired) electrons. The van der Waals surface area contributed by atoms with E-state index in [4.69, 9.17) is 10.2 Å². The van der Waals surface area contributed by atoms with E-state index in [9.17, 15) is 0 Å². The summed E-state index contributed by atoms with van der Waals surface area (Å²) in [6.07, 6.45) is 1.87. The first kappa shape index (κ1) is 16.0. The Kier molecular flexibility index (Phi) is 4.72. The second-order valence-corrected chi connectivity index (χ2v) is 5.76. The predicted octanol–water partition coefficient (Wildman–Crippen LogP) is 5.41. The van der Waals surface area contributed by atoms with E-state index in [1.165, 1.54) is 16.7 Å². The summed E-state index contributed by atoms with van der Waals surface area (Å²) in [6, 6.07) is 22.5. The van der Waals surface area contributed by atoms with Crippen molar-refractivity contribution in [2.75, 3.05) is 0 Å². The van der Waals surface area contributed by atoms with Gasteiger partial charge in [0.25, 0.3) is 0 Å². The Labute approximate surface area is 143 Å². The minimum absolute atomic E-state index is 0.669. The number of pyridine rings is 1. The molecule has 2 heteroatoms. The van der Waals surface area contributed by atoms with E-state index in [1.54, 1.807) is 0 Å². The molecule has 0 unspecified atom stereocenters. The van der Waals surface area contributed by atoms with Crippen molar-refractivity contribution in [1.82, 2.24) is 4.98 Å². The standard InChI is InChI=1S/C22H20N2/c1-3-17-14-20(4-2)24-22(19-12-10-16(15-23)11-13-19)21(17)18-8-6-5-7-9-18/h5-14H,3-4H2,1-2H3. The molecule has 0 amide bonds. The molecule has 0 aliphatic rings. The third-order valence-corrected chi connectivity index (χ3v) is 4.25. The fourth-order valence-electron chi connectivity index (χ4n) is 2.96. The molecule has 0 saturated heterocycles. The molecule has 24 heavy (non-hydrogen) atoms. The fraction of sp³-hybridized carbons (Fsp3) is 0.182. The minimum atomic E-state index is 0.669. The third kappa shape index (κ3) is 3.07. The zero-order chi connectivity index (χ0) is 16.9. The van der Waals surface area contributed by atoms with Crippen molar-refractivity contribution in [3.8, 4) is 28.5 Å². The van der Waals surface area contributed by atoms with Crippen molar-refractivity contribution in [2.24, 2.45) is 0 Å². The van der Waals surface area contributed by atoms with Crippen LogP contribution in [0, 0.1) is 11.3 Å². The Morgan fingerprint density at radius 1 is 0.875 bits per heavy atom. The van der Waals surface area contributed by atoms with E-state index < -0.39 is 0 Å². The van der Waals surface area contributed by atoms with E-state index in [0.29, 0.717) is 5.56 Å². The van der Waals surface area contributed by atoms with Crippen LogP contribution < -0.4 is 0 Å². The lowest BCUT2D eigenvalue weighted by Gasteiger charge is -2.16. The number of hydrogen-bond donors (Lipinski definition) is 0. The van der Waals surface area contributed by atoms with Crippen LogP contribution in [0.1, 0.15) is 30.7 Å². The maximum absolute atomic E-state index is 9.03. The highest BCUT2D eigenvalue weighted by Crippen LogP contribution is 2.34. The van der Waals surface area contributed by atoms with Crippen LogP contribution in [0.15, 0.2) is 60.7 Å². The molecule has 3 rings (SSSR count). The van der Waals surface area contributed by atoms with Crippen LogP contribution in [0.2, 0.25) is 0 Å². The molecule has 0 aliphatic carbocycles. The molecule has 0 aliphatic heterocycles. The van der Waals surface area contributed by atoms with Gasteiger partial charge in [0, 0.05) is 16.8 Å². The number of aryl methyl sites for hydroxylation is 2. The van der Waals surface area contributed by atoms with E-state index in [1.807, 2.05) is 30.3 Å². The number of rotatable bonds is 4. The fourth-order valence-corrected chi connectivity index (χ4v) is 2.96. The molecule has 1 heterocycles. The summed E-state index contributed by atoms with van der Waals surface area (Å²) in [5.41, 5.74) is 7.52. The average molecular weight is 312 g/mol. The van der Waals surface area contributed by atoms with Crippen molar-refractivity contribution < 1.29 is 0 Å². The molecule has 2 nitrogen and oxygen atoms in total. The van der Waals surface area contributed by atoms with Gasteiger partial charge in [0.15, 0.2) is 0 Å². The molecular weight excluding hydrogens is 292 g/mol. The molecule has 0 saturated carbocycles. The van der Waals surface area contributed by atoms with E-state index in [2.05, 4.69) is 50.2 Å². The minimum Gasteiger partial charge on any atom is -0.252 e. The normalized spacial score (nSPS) is 10.4. The summed E-state index contributed by atoms with van der Waals surface area (Å²) in [6.45, 7) is 4.32. The quantitative estimate of drug-likeness (QED) is 0.645. The van der Waals surface area contributed by atoms with Crippen LogP contribution >= 0.6 is 0 Å². The van der Waals surface area contributed by atoms with Crippen LogP contribution in [-0.4, -0.2) is 4.98 Å². The van der Waals surface area contributed by atoms with E-state index >= 15 is 0 Å². The monoisotopic (exact) mass is 312 g/mol. The highest BCUT2D eigenvalue weighted by molar-refractivity contribution is 5.83. The topological polar surface area (TPSA) is 36.7 Å². The lowest BCUT2D eigenvalue weighted by molar-refractivity contribution is 1.01. The molecule has 0 fully saturated rings. The van der Waals surface area contributed by atoms with Crippen molar-refractivity contribution in [3.05, 3.63) is 77.5 Å². The second kappa shape index (κ2) is 7.10. The lowest BCUT2D eigenvalue weighted by atomic mass is 9.92. The van der Waals surface area contributed by atoms with Crippen LogP contribution in [0.5, 0.6) is 0 Å². The van der Waals surface area contributed by atoms with Gasteiger partial charge in [-0.15, -0.1) is 0 Å². The average Bonchev–Trinajstić information content (AvgIpc) is 2.67. The molecule has 0 N–H and O–H groups in total. The maximum atomic E-state index is 9.03. The Hall–Kier alpha value is -2.92. The molecule has 118 valence electrons. The van der Waals surface area contributed by atoms with E-state index in [0.717, 1.165) is 29.8 Å². The first-order valence-electron chi connectivity index (χ1n) is 8.35. The summed E-state index contributed by atoms with van der Waals surface area (Å²) in [4.78, 5) is 4.92. The van der Waals surface area contributed by atoms with Gasteiger partial charge in [-0.25, -0.2) is 0 Å². The van der Waals surface area contributed by atoms with Gasteiger partial charge in [-0.2, -0.15) is 5.26 Å². The number of nitriles is 1. The van der Waals surface area contributed by atoms with Gasteiger partial charge in [-0.1, -0.05) is 56.3 Å². The largest absolute Gasteiger partial charge is 0.252 e. The summed E-state index contributed by atoms with van der Waals surface area (Å²) < 4.78 is 0. The van der Waals surface area contributed by atoms with E-state index in [-0.39, 0.29) is 0 Å². The summed E-state index contributed by atoms with van der Waals surface area (Å²) in [5.74, 6) is 0. The molecule has 3 aromatic rings. The summed E-state index contributed by atoms with van der Waals surface area (Å²) in [7, 11) is 0. The van der Waals surface area contributed by atoms with Gasteiger partial charge < -0.3 is 0 Å². The molecule has 0 spiro atoms. The second-order valence-electron chi connectivity index (χ2n) is 5.76. The Bertz CT molecular complexity index is 872. The van der Waals surface area contributed by atoms with Crippen molar-refractivity contribution in [1.29, 1.82) is 5.26 Å². The van der Waals surface area contributed by atoms with Gasteiger partial charge in [-0.05, 0) is 42.2 Å². The Morgan fingerprint density at radius 2 is 1.58 bits per heavy atom. The molecule has 0 atom stereocenters. The SMILES string of the molecule is CCc1cc(CC)c(-c2ccccc2)c(-c2ccc(C#N)cc2)n1. The van der Waals surface area contributed by atoms with Gasteiger partial charge >= 0.3 is 0 Å². The molecule has 1 aromatic heterocycles. The lowest BCUT2D eigenvalue weighted by Crippen LogP contribution is -2.00. The number of hydrogen-bond acceptors (Lipinski definition) is 2. The Morgan fingerprint density at radius 3 is 2.17 bits per heavy atom.